The summed E-state index contributed by atoms with van der Waals surface area (Å²) in [6.07, 6.45) is 0.992. The molecule has 0 amide bonds. The number of anilines is 1. The van der Waals surface area contributed by atoms with Gasteiger partial charge >= 0.3 is 0 Å². The molecule has 2 aliphatic heterocycles. The second kappa shape index (κ2) is 8.18. The average Bonchev–Trinajstić information content (AvgIpc) is 3.18. The van der Waals surface area contributed by atoms with Gasteiger partial charge in [-0.05, 0) is 32.4 Å². The normalized spacial score (nSPS) is 26.4. The van der Waals surface area contributed by atoms with Crippen LogP contribution >= 0.6 is 11.3 Å². The van der Waals surface area contributed by atoms with E-state index >= 15 is 0 Å². The number of rotatable bonds is 5. The molecule has 1 N–H and O–H groups in total. The number of hydrogen-bond acceptors (Lipinski definition) is 8. The molecule has 0 saturated carbocycles. The number of aromatic nitrogens is 3. The highest BCUT2D eigenvalue weighted by molar-refractivity contribution is 7.09. The molecule has 0 aliphatic carbocycles. The van der Waals surface area contributed by atoms with Crippen LogP contribution in [0.3, 0.4) is 0 Å². The molecule has 0 radical (unpaired) electrons. The van der Waals surface area contributed by atoms with Gasteiger partial charge in [-0.2, -0.15) is 5.10 Å². The van der Waals surface area contributed by atoms with Gasteiger partial charge in [0.2, 0.25) is 0 Å². The van der Waals surface area contributed by atoms with Crippen molar-refractivity contribution in [3.8, 4) is 0 Å². The lowest BCUT2D eigenvalue weighted by Crippen LogP contribution is -2.44. The van der Waals surface area contributed by atoms with Crippen molar-refractivity contribution in [1.82, 2.24) is 20.1 Å². The molecule has 2 saturated heterocycles. The van der Waals surface area contributed by atoms with Gasteiger partial charge in [0, 0.05) is 37.5 Å². The molecule has 4 heterocycles. The molecule has 7 nitrogen and oxygen atoms in total. The Labute approximate surface area is 164 Å². The SMILES string of the molecule is Cc1ccc(NCC2COC3(COCCN(Cc4csc(C)n4)C3)C2)nn1. The molecular formula is C19H27N5O2S. The topological polar surface area (TPSA) is 72.4 Å². The summed E-state index contributed by atoms with van der Waals surface area (Å²) in [7, 11) is 0. The maximum Gasteiger partial charge on any atom is 0.148 e. The molecule has 0 bridgehead atoms. The molecule has 2 aromatic heterocycles. The first-order valence-corrected chi connectivity index (χ1v) is 10.4. The predicted molar refractivity (Wildman–Crippen MR) is 105 cm³/mol. The van der Waals surface area contributed by atoms with Crippen molar-refractivity contribution in [2.75, 3.05) is 44.8 Å². The van der Waals surface area contributed by atoms with Crippen molar-refractivity contribution in [3.05, 3.63) is 33.9 Å². The zero-order valence-electron chi connectivity index (χ0n) is 16.0. The van der Waals surface area contributed by atoms with Gasteiger partial charge in [0.1, 0.15) is 11.4 Å². The minimum atomic E-state index is -0.215. The Balaban J connectivity index is 1.33. The van der Waals surface area contributed by atoms with E-state index in [0.29, 0.717) is 12.5 Å². The summed E-state index contributed by atoms with van der Waals surface area (Å²) in [4.78, 5) is 7.03. The van der Waals surface area contributed by atoms with Crippen LogP contribution in [0.25, 0.3) is 0 Å². The maximum atomic E-state index is 6.29. The smallest absolute Gasteiger partial charge is 0.148 e. The summed E-state index contributed by atoms with van der Waals surface area (Å²) in [6, 6.07) is 3.94. The number of hydrogen-bond donors (Lipinski definition) is 1. The molecule has 0 aromatic carbocycles. The van der Waals surface area contributed by atoms with Crippen LogP contribution in [0.5, 0.6) is 0 Å². The Morgan fingerprint density at radius 1 is 1.33 bits per heavy atom. The first kappa shape index (κ1) is 18.7. The minimum absolute atomic E-state index is 0.215. The van der Waals surface area contributed by atoms with Crippen molar-refractivity contribution in [2.45, 2.75) is 32.4 Å². The van der Waals surface area contributed by atoms with Crippen LogP contribution in [0.15, 0.2) is 17.5 Å². The van der Waals surface area contributed by atoms with Crippen LogP contribution in [0, 0.1) is 19.8 Å². The number of nitrogens with one attached hydrogen (secondary N) is 1. The third-order valence-corrected chi connectivity index (χ3v) is 5.96. The largest absolute Gasteiger partial charge is 0.377 e. The van der Waals surface area contributed by atoms with E-state index in [0.717, 1.165) is 68.0 Å². The lowest BCUT2D eigenvalue weighted by molar-refractivity contribution is -0.0563. The number of thiazole rings is 1. The van der Waals surface area contributed by atoms with Gasteiger partial charge in [-0.1, -0.05) is 0 Å². The molecular weight excluding hydrogens is 362 g/mol. The highest BCUT2D eigenvalue weighted by Gasteiger charge is 2.43. The highest BCUT2D eigenvalue weighted by atomic mass is 32.1. The maximum absolute atomic E-state index is 6.29. The van der Waals surface area contributed by atoms with E-state index in [-0.39, 0.29) is 5.60 Å². The van der Waals surface area contributed by atoms with Crippen molar-refractivity contribution in [2.24, 2.45) is 5.92 Å². The fourth-order valence-electron chi connectivity index (χ4n) is 3.85. The van der Waals surface area contributed by atoms with Gasteiger partial charge < -0.3 is 14.8 Å². The third kappa shape index (κ3) is 4.82. The van der Waals surface area contributed by atoms with E-state index in [1.165, 1.54) is 0 Å². The fourth-order valence-corrected chi connectivity index (χ4v) is 4.46. The van der Waals surface area contributed by atoms with E-state index in [1.54, 1.807) is 11.3 Å². The highest BCUT2D eigenvalue weighted by Crippen LogP contribution is 2.33. The Kier molecular flexibility index (Phi) is 5.68. The summed E-state index contributed by atoms with van der Waals surface area (Å²) >= 11 is 1.71. The lowest BCUT2D eigenvalue weighted by atomic mass is 9.94. The standard InChI is InChI=1S/C19H27N5O2S/c1-14-3-4-18(23-22-14)20-8-16-7-19(26-10-16)12-24(5-6-25-13-19)9-17-11-27-15(2)21-17/h3-4,11,16H,5-10,12-13H2,1-2H3,(H,20,23). The van der Waals surface area contributed by atoms with Crippen LogP contribution in [0.4, 0.5) is 5.82 Å². The van der Waals surface area contributed by atoms with E-state index in [9.17, 15) is 0 Å². The number of ether oxygens (including phenoxy) is 2. The molecule has 2 aliphatic rings. The molecule has 2 atom stereocenters. The van der Waals surface area contributed by atoms with Gasteiger partial charge in [-0.3, -0.25) is 4.90 Å². The van der Waals surface area contributed by atoms with Crippen LogP contribution < -0.4 is 5.32 Å². The Morgan fingerprint density at radius 3 is 3.04 bits per heavy atom. The molecule has 2 fully saturated rings. The van der Waals surface area contributed by atoms with E-state index in [1.807, 2.05) is 19.1 Å². The summed E-state index contributed by atoms with van der Waals surface area (Å²) in [5.74, 6) is 1.26. The number of nitrogens with zero attached hydrogens (tertiary/aromatic N) is 4. The monoisotopic (exact) mass is 389 g/mol. The van der Waals surface area contributed by atoms with E-state index in [2.05, 4.69) is 37.7 Å². The Bertz CT molecular complexity index is 753. The summed E-state index contributed by atoms with van der Waals surface area (Å²) < 4.78 is 12.2. The molecule has 4 rings (SSSR count). The van der Waals surface area contributed by atoms with Gasteiger partial charge in [0.05, 0.1) is 36.2 Å². The van der Waals surface area contributed by atoms with Crippen molar-refractivity contribution in [1.29, 1.82) is 0 Å². The Hall–Kier alpha value is -1.61. The summed E-state index contributed by atoms with van der Waals surface area (Å²) in [5, 5.41) is 14.9. The molecule has 27 heavy (non-hydrogen) atoms. The number of aryl methyl sites for hydroxylation is 2. The first-order valence-electron chi connectivity index (χ1n) is 9.49. The van der Waals surface area contributed by atoms with Gasteiger partial charge in [0.25, 0.3) is 0 Å². The zero-order chi connectivity index (χ0) is 18.7. The van der Waals surface area contributed by atoms with Gasteiger partial charge in [-0.15, -0.1) is 16.4 Å². The van der Waals surface area contributed by atoms with Crippen LogP contribution in [-0.2, 0) is 16.0 Å². The van der Waals surface area contributed by atoms with Crippen LogP contribution in [0.1, 0.15) is 22.8 Å². The molecule has 146 valence electrons. The zero-order valence-corrected chi connectivity index (χ0v) is 16.8. The van der Waals surface area contributed by atoms with Crippen molar-refractivity contribution < 1.29 is 9.47 Å². The van der Waals surface area contributed by atoms with Crippen LogP contribution in [0.2, 0.25) is 0 Å². The first-order chi connectivity index (χ1) is 13.1. The average molecular weight is 390 g/mol. The second-order valence-corrected chi connectivity index (χ2v) is 8.69. The van der Waals surface area contributed by atoms with E-state index < -0.39 is 0 Å². The predicted octanol–water partition coefficient (Wildman–Crippen LogP) is 2.27. The van der Waals surface area contributed by atoms with Gasteiger partial charge in [-0.25, -0.2) is 4.98 Å². The minimum Gasteiger partial charge on any atom is -0.377 e. The molecule has 1 spiro atoms. The van der Waals surface area contributed by atoms with Crippen LogP contribution in [-0.4, -0.2) is 65.1 Å². The van der Waals surface area contributed by atoms with Gasteiger partial charge in [0.15, 0.2) is 0 Å². The lowest BCUT2D eigenvalue weighted by Gasteiger charge is -2.30. The van der Waals surface area contributed by atoms with Crippen molar-refractivity contribution >= 4 is 17.2 Å². The molecule has 2 unspecified atom stereocenters. The quantitative estimate of drug-likeness (QED) is 0.841. The van der Waals surface area contributed by atoms with Crippen molar-refractivity contribution in [3.63, 3.8) is 0 Å². The molecule has 2 aromatic rings. The second-order valence-electron chi connectivity index (χ2n) is 7.63. The Morgan fingerprint density at radius 2 is 2.26 bits per heavy atom. The fraction of sp³-hybridized carbons (Fsp3) is 0.632. The molecule has 8 heteroatoms. The third-order valence-electron chi connectivity index (χ3n) is 5.14. The summed E-state index contributed by atoms with van der Waals surface area (Å²) in [6.45, 7) is 9.67. The van der Waals surface area contributed by atoms with E-state index in [4.69, 9.17) is 9.47 Å². The summed E-state index contributed by atoms with van der Waals surface area (Å²) in [5.41, 5.74) is 1.85.